The molecule has 0 radical (unpaired) electrons. The highest BCUT2D eigenvalue weighted by molar-refractivity contribution is 5.78. The van der Waals surface area contributed by atoms with Crippen molar-refractivity contribution < 1.29 is 19.4 Å². The van der Waals surface area contributed by atoms with E-state index in [1.807, 2.05) is 19.9 Å². The summed E-state index contributed by atoms with van der Waals surface area (Å²) < 4.78 is 5.37. The molecule has 0 aliphatic rings. The Morgan fingerprint density at radius 3 is 2.17 bits per heavy atom. The number of amides is 1. The van der Waals surface area contributed by atoms with Gasteiger partial charge in [0.2, 0.25) is 0 Å². The van der Waals surface area contributed by atoms with E-state index >= 15 is 0 Å². The number of carboxylic acid groups (broad SMARTS) is 1. The Bertz CT molecular complexity index is 624. The molecule has 0 saturated carbocycles. The Balaban J connectivity index is 3.04. The molecule has 130 valence electrons. The summed E-state index contributed by atoms with van der Waals surface area (Å²) in [5, 5.41) is 18.4. The van der Waals surface area contributed by atoms with Crippen LogP contribution in [0.2, 0.25) is 0 Å². The van der Waals surface area contributed by atoms with Gasteiger partial charge in [0.05, 0.1) is 17.6 Å². The number of carboxylic acids is 1. The van der Waals surface area contributed by atoms with Gasteiger partial charge in [-0.05, 0) is 52.3 Å². The smallest absolute Gasteiger partial charge is 0.410 e. The lowest BCUT2D eigenvalue weighted by Gasteiger charge is -2.32. The van der Waals surface area contributed by atoms with E-state index in [4.69, 9.17) is 10.00 Å². The van der Waals surface area contributed by atoms with Gasteiger partial charge in [-0.1, -0.05) is 12.1 Å². The first-order chi connectivity index (χ1) is 11.0. The van der Waals surface area contributed by atoms with Crippen molar-refractivity contribution in [3.8, 4) is 6.07 Å². The Kier molecular flexibility index (Phi) is 6.35. The maximum Gasteiger partial charge on any atom is 0.410 e. The number of ether oxygens (including phenoxy) is 1. The summed E-state index contributed by atoms with van der Waals surface area (Å²) in [6, 6.07) is 8.13. The number of carbonyl (C=O) groups excluding carboxylic acids is 1. The molecule has 6 heteroatoms. The summed E-state index contributed by atoms with van der Waals surface area (Å²) in [6.07, 6.45) is -0.544. The molecule has 1 N–H and O–H groups in total. The van der Waals surface area contributed by atoms with Crippen LogP contribution in [0.1, 0.15) is 51.7 Å². The van der Waals surface area contributed by atoms with E-state index in [1.54, 1.807) is 45.0 Å². The van der Waals surface area contributed by atoms with Crippen LogP contribution in [0, 0.1) is 11.3 Å². The third-order valence-corrected chi connectivity index (χ3v) is 3.37. The van der Waals surface area contributed by atoms with Gasteiger partial charge in [0.25, 0.3) is 0 Å². The molecule has 1 aromatic carbocycles. The first kappa shape index (κ1) is 19.5. The van der Waals surface area contributed by atoms with Crippen LogP contribution in [0.25, 0.3) is 0 Å². The van der Waals surface area contributed by atoms with Crippen molar-refractivity contribution in [3.63, 3.8) is 0 Å². The van der Waals surface area contributed by atoms with Crippen LogP contribution in [0.15, 0.2) is 24.3 Å². The van der Waals surface area contributed by atoms with Crippen LogP contribution in [-0.2, 0) is 9.53 Å². The molecular weight excluding hydrogens is 308 g/mol. The average molecular weight is 332 g/mol. The van der Waals surface area contributed by atoms with Gasteiger partial charge in [0, 0.05) is 12.6 Å². The van der Waals surface area contributed by atoms with Crippen LogP contribution >= 0.6 is 0 Å². The molecule has 1 aromatic rings. The zero-order chi connectivity index (χ0) is 18.5. The number of hydrogen-bond acceptors (Lipinski definition) is 4. The first-order valence-electron chi connectivity index (χ1n) is 7.77. The molecule has 0 spiro atoms. The van der Waals surface area contributed by atoms with Gasteiger partial charge in [0.15, 0.2) is 0 Å². The van der Waals surface area contributed by atoms with E-state index in [0.717, 1.165) is 0 Å². The lowest BCUT2D eigenvalue weighted by atomic mass is 9.97. The summed E-state index contributed by atoms with van der Waals surface area (Å²) in [5.41, 5.74) is 0.337. The molecule has 0 aliphatic heterocycles. The van der Waals surface area contributed by atoms with Crippen molar-refractivity contribution in [3.05, 3.63) is 35.4 Å². The highest BCUT2D eigenvalue weighted by Crippen LogP contribution is 2.21. The van der Waals surface area contributed by atoms with Crippen molar-refractivity contribution in [2.75, 3.05) is 6.54 Å². The van der Waals surface area contributed by atoms with Gasteiger partial charge in [0.1, 0.15) is 5.60 Å². The number of benzene rings is 1. The second-order valence-corrected chi connectivity index (χ2v) is 6.85. The van der Waals surface area contributed by atoms with Gasteiger partial charge in [-0.25, -0.2) is 4.79 Å². The molecule has 0 heterocycles. The summed E-state index contributed by atoms with van der Waals surface area (Å²) in [7, 11) is 0. The zero-order valence-corrected chi connectivity index (χ0v) is 14.7. The Hall–Kier alpha value is -2.55. The van der Waals surface area contributed by atoms with Crippen LogP contribution < -0.4 is 0 Å². The third-order valence-electron chi connectivity index (χ3n) is 3.37. The van der Waals surface area contributed by atoms with Crippen molar-refractivity contribution in [2.45, 2.75) is 52.2 Å². The van der Waals surface area contributed by atoms with E-state index in [9.17, 15) is 14.7 Å². The zero-order valence-electron chi connectivity index (χ0n) is 14.7. The molecule has 1 amide bonds. The highest BCUT2D eigenvalue weighted by atomic mass is 16.6. The first-order valence-corrected chi connectivity index (χ1v) is 7.77. The van der Waals surface area contributed by atoms with E-state index in [0.29, 0.717) is 11.1 Å². The molecule has 1 rings (SSSR count). The van der Waals surface area contributed by atoms with Crippen molar-refractivity contribution in [1.29, 1.82) is 5.26 Å². The number of nitrogens with zero attached hydrogens (tertiary/aromatic N) is 2. The molecule has 0 aromatic heterocycles. The van der Waals surface area contributed by atoms with E-state index < -0.39 is 23.6 Å². The van der Waals surface area contributed by atoms with Gasteiger partial charge in [-0.15, -0.1) is 0 Å². The van der Waals surface area contributed by atoms with E-state index in [1.165, 1.54) is 4.90 Å². The van der Waals surface area contributed by atoms with Crippen LogP contribution in [0.5, 0.6) is 0 Å². The molecule has 0 saturated heterocycles. The second kappa shape index (κ2) is 7.82. The maximum atomic E-state index is 12.4. The monoisotopic (exact) mass is 332 g/mol. The van der Waals surface area contributed by atoms with Gasteiger partial charge in [-0.2, -0.15) is 5.26 Å². The van der Waals surface area contributed by atoms with E-state index in [2.05, 4.69) is 0 Å². The number of rotatable bonds is 5. The highest BCUT2D eigenvalue weighted by Gasteiger charge is 2.30. The minimum atomic E-state index is -1.03. The minimum absolute atomic E-state index is 0.00614. The minimum Gasteiger partial charge on any atom is -0.481 e. The quantitative estimate of drug-likeness (QED) is 0.892. The van der Waals surface area contributed by atoms with Crippen LogP contribution in [-0.4, -0.2) is 40.3 Å². The fraction of sp³-hybridized carbons (Fsp3) is 0.500. The van der Waals surface area contributed by atoms with Crippen molar-refractivity contribution >= 4 is 12.1 Å². The Labute approximate surface area is 142 Å². The summed E-state index contributed by atoms with van der Waals surface area (Å²) >= 11 is 0. The Morgan fingerprint density at radius 2 is 1.79 bits per heavy atom. The average Bonchev–Trinajstić information content (AvgIpc) is 2.45. The second-order valence-electron chi connectivity index (χ2n) is 6.85. The predicted molar refractivity (Wildman–Crippen MR) is 89.6 cm³/mol. The SMILES string of the molecule is CC(C)N(CC(C(=O)O)c1ccc(C#N)cc1)C(=O)OC(C)(C)C. The van der Waals surface area contributed by atoms with Crippen molar-refractivity contribution in [1.82, 2.24) is 4.90 Å². The maximum absolute atomic E-state index is 12.4. The van der Waals surface area contributed by atoms with Gasteiger partial charge >= 0.3 is 12.1 Å². The Morgan fingerprint density at radius 1 is 1.25 bits per heavy atom. The van der Waals surface area contributed by atoms with Crippen LogP contribution in [0.3, 0.4) is 0 Å². The topological polar surface area (TPSA) is 90.6 Å². The fourth-order valence-electron chi connectivity index (χ4n) is 2.13. The molecule has 0 fully saturated rings. The molecule has 24 heavy (non-hydrogen) atoms. The molecule has 0 bridgehead atoms. The molecule has 1 unspecified atom stereocenters. The lowest BCUT2D eigenvalue weighted by molar-refractivity contribution is -0.139. The number of aliphatic carboxylic acids is 1. The summed E-state index contributed by atoms with van der Waals surface area (Å²) in [4.78, 5) is 25.4. The summed E-state index contributed by atoms with van der Waals surface area (Å²) in [6.45, 7) is 8.90. The molecule has 6 nitrogen and oxygen atoms in total. The number of hydrogen-bond donors (Lipinski definition) is 1. The lowest BCUT2D eigenvalue weighted by Crippen LogP contribution is -2.44. The summed E-state index contributed by atoms with van der Waals surface area (Å²) in [5.74, 6) is -1.93. The standard InChI is InChI=1S/C18H24N2O4/c1-12(2)20(17(23)24-18(3,4)5)11-15(16(21)22)14-8-6-13(10-19)7-9-14/h6-9,12,15H,11H2,1-5H3,(H,21,22). The molecule has 1 atom stereocenters. The van der Waals surface area contributed by atoms with Crippen molar-refractivity contribution in [2.24, 2.45) is 0 Å². The molecular formula is C18H24N2O4. The van der Waals surface area contributed by atoms with E-state index in [-0.39, 0.29) is 12.6 Å². The number of nitriles is 1. The van der Waals surface area contributed by atoms with Gasteiger partial charge < -0.3 is 14.7 Å². The predicted octanol–water partition coefficient (Wildman–Crippen LogP) is 3.37. The van der Waals surface area contributed by atoms with Crippen LogP contribution in [0.4, 0.5) is 4.79 Å². The third kappa shape index (κ3) is 5.58. The number of carbonyl (C=O) groups is 2. The fourth-order valence-corrected chi connectivity index (χ4v) is 2.13. The molecule has 0 aliphatic carbocycles. The largest absolute Gasteiger partial charge is 0.481 e. The van der Waals surface area contributed by atoms with Gasteiger partial charge in [-0.3, -0.25) is 4.79 Å². The normalized spacial score (nSPS) is 12.4.